The molecular weight excluding hydrogens is 356 g/mol. The zero-order valence-corrected chi connectivity index (χ0v) is 16.4. The van der Waals surface area contributed by atoms with Crippen LogP contribution in [-0.4, -0.2) is 57.4 Å². The van der Waals surface area contributed by atoms with Crippen LogP contribution < -0.4 is 16.3 Å². The lowest BCUT2D eigenvalue weighted by molar-refractivity contribution is -0.132. The summed E-state index contributed by atoms with van der Waals surface area (Å²) in [6.07, 6.45) is 2.28. The van der Waals surface area contributed by atoms with Crippen LogP contribution in [-0.2, 0) is 24.3 Å². The van der Waals surface area contributed by atoms with Gasteiger partial charge in [0.1, 0.15) is 12.4 Å². The fourth-order valence-electron chi connectivity index (χ4n) is 4.10. The third-order valence-corrected chi connectivity index (χ3v) is 5.84. The van der Waals surface area contributed by atoms with E-state index < -0.39 is 0 Å². The fourth-order valence-corrected chi connectivity index (χ4v) is 4.10. The highest BCUT2D eigenvalue weighted by atomic mass is 16.2. The van der Waals surface area contributed by atoms with Gasteiger partial charge in [0.25, 0.3) is 0 Å². The molecule has 0 aliphatic carbocycles. The van der Waals surface area contributed by atoms with Gasteiger partial charge in [-0.3, -0.25) is 9.36 Å². The smallest absolute Gasteiger partial charge is 0.346 e. The van der Waals surface area contributed by atoms with Crippen LogP contribution in [0.15, 0.2) is 29.1 Å². The maximum atomic E-state index is 12.7. The molecule has 1 aromatic carbocycles. The predicted octanol–water partition coefficient (Wildman–Crippen LogP) is 0.366. The Morgan fingerprint density at radius 1 is 1.14 bits per heavy atom. The van der Waals surface area contributed by atoms with Gasteiger partial charge in [-0.1, -0.05) is 18.2 Å². The van der Waals surface area contributed by atoms with Gasteiger partial charge in [0.15, 0.2) is 0 Å². The first-order valence-corrected chi connectivity index (χ1v) is 10.0. The molecule has 1 saturated heterocycles. The summed E-state index contributed by atoms with van der Waals surface area (Å²) >= 11 is 0. The Morgan fingerprint density at radius 2 is 1.89 bits per heavy atom. The van der Waals surface area contributed by atoms with Crippen LogP contribution >= 0.6 is 0 Å². The molecule has 0 bridgehead atoms. The summed E-state index contributed by atoms with van der Waals surface area (Å²) in [6, 6.07) is 8.42. The van der Waals surface area contributed by atoms with Crippen molar-refractivity contribution in [1.82, 2.24) is 19.2 Å². The Labute approximate surface area is 164 Å². The number of anilines is 1. The summed E-state index contributed by atoms with van der Waals surface area (Å²) in [5, 5.41) is 4.41. The Bertz CT molecular complexity index is 910. The highest BCUT2D eigenvalue weighted by molar-refractivity contribution is 5.76. The highest BCUT2D eigenvalue weighted by Crippen LogP contribution is 2.20. The second kappa shape index (κ2) is 7.79. The number of para-hydroxylation sites is 1. The third kappa shape index (κ3) is 3.69. The van der Waals surface area contributed by atoms with Crippen molar-refractivity contribution in [3.63, 3.8) is 0 Å². The molecule has 1 atom stereocenters. The third-order valence-electron chi connectivity index (χ3n) is 5.84. The van der Waals surface area contributed by atoms with Crippen molar-refractivity contribution in [3.05, 3.63) is 46.1 Å². The molecule has 4 rings (SSSR count). The summed E-state index contributed by atoms with van der Waals surface area (Å²) < 4.78 is 3.00. The maximum absolute atomic E-state index is 12.7. The minimum absolute atomic E-state index is 0.00918. The summed E-state index contributed by atoms with van der Waals surface area (Å²) in [6.45, 7) is 5.60. The fraction of sp³-hybridized carbons (Fsp3) is 0.550. The molecule has 3 heterocycles. The van der Waals surface area contributed by atoms with Crippen molar-refractivity contribution in [2.75, 3.05) is 31.1 Å². The van der Waals surface area contributed by atoms with E-state index in [2.05, 4.69) is 29.1 Å². The number of hydrogen-bond donors (Lipinski definition) is 1. The molecule has 1 unspecified atom stereocenters. The van der Waals surface area contributed by atoms with E-state index >= 15 is 0 Å². The van der Waals surface area contributed by atoms with Crippen LogP contribution in [0.2, 0.25) is 0 Å². The Morgan fingerprint density at radius 3 is 2.64 bits per heavy atom. The Kier molecular flexibility index (Phi) is 5.21. The van der Waals surface area contributed by atoms with Crippen molar-refractivity contribution in [2.45, 2.75) is 45.3 Å². The SMILES string of the molecule is Cc1ccccc1N1CCN(C(=O)Cn2nc3n(c2=O)CCC(N)CC3)CC1. The molecule has 8 nitrogen and oxygen atoms in total. The number of piperazine rings is 1. The van der Waals surface area contributed by atoms with Crippen LogP contribution in [0.5, 0.6) is 0 Å². The van der Waals surface area contributed by atoms with E-state index in [0.717, 1.165) is 31.8 Å². The number of carbonyl (C=O) groups is 1. The average Bonchev–Trinajstić information content (AvgIpc) is 2.87. The number of rotatable bonds is 3. The van der Waals surface area contributed by atoms with Crippen LogP contribution in [0.25, 0.3) is 0 Å². The van der Waals surface area contributed by atoms with Gasteiger partial charge in [-0.2, -0.15) is 5.10 Å². The van der Waals surface area contributed by atoms with E-state index in [1.807, 2.05) is 17.0 Å². The number of aryl methyl sites for hydroxylation is 2. The van der Waals surface area contributed by atoms with Gasteiger partial charge < -0.3 is 15.5 Å². The van der Waals surface area contributed by atoms with Gasteiger partial charge in [-0.25, -0.2) is 9.48 Å². The summed E-state index contributed by atoms with van der Waals surface area (Å²) in [5.74, 6) is 0.701. The van der Waals surface area contributed by atoms with Crippen molar-refractivity contribution >= 4 is 11.6 Å². The molecule has 150 valence electrons. The number of nitrogens with zero attached hydrogens (tertiary/aromatic N) is 5. The minimum Gasteiger partial charge on any atom is -0.368 e. The zero-order valence-electron chi connectivity index (χ0n) is 16.4. The minimum atomic E-state index is -0.198. The molecule has 28 heavy (non-hydrogen) atoms. The lowest BCUT2D eigenvalue weighted by Gasteiger charge is -2.36. The number of amides is 1. The predicted molar refractivity (Wildman–Crippen MR) is 107 cm³/mol. The molecule has 0 spiro atoms. The van der Waals surface area contributed by atoms with Crippen molar-refractivity contribution < 1.29 is 4.79 Å². The second-order valence-electron chi connectivity index (χ2n) is 7.75. The molecule has 1 aromatic heterocycles. The molecule has 2 N–H and O–H groups in total. The van der Waals surface area contributed by atoms with Crippen molar-refractivity contribution in [3.8, 4) is 0 Å². The van der Waals surface area contributed by atoms with Crippen molar-refractivity contribution in [1.29, 1.82) is 0 Å². The molecule has 1 fully saturated rings. The highest BCUT2D eigenvalue weighted by Gasteiger charge is 2.25. The van der Waals surface area contributed by atoms with Crippen molar-refractivity contribution in [2.24, 2.45) is 5.73 Å². The molecule has 8 heteroatoms. The monoisotopic (exact) mass is 384 g/mol. The molecule has 2 aliphatic rings. The van der Waals surface area contributed by atoms with E-state index in [0.29, 0.717) is 26.1 Å². The molecular formula is C20H28N6O2. The number of hydrogen-bond acceptors (Lipinski definition) is 5. The topological polar surface area (TPSA) is 89.4 Å². The van der Waals surface area contributed by atoms with Crippen LogP contribution in [0.4, 0.5) is 5.69 Å². The summed E-state index contributed by atoms with van der Waals surface area (Å²) in [7, 11) is 0. The largest absolute Gasteiger partial charge is 0.368 e. The van der Waals surface area contributed by atoms with Gasteiger partial charge in [0.05, 0.1) is 0 Å². The lowest BCUT2D eigenvalue weighted by Crippen LogP contribution is -2.50. The molecule has 0 saturated carbocycles. The number of nitrogens with two attached hydrogens (primary N) is 1. The van der Waals surface area contributed by atoms with Gasteiger partial charge in [-0.05, 0) is 31.4 Å². The molecule has 2 aromatic rings. The molecule has 1 amide bonds. The first-order valence-electron chi connectivity index (χ1n) is 10.0. The van der Waals surface area contributed by atoms with Gasteiger partial charge in [0.2, 0.25) is 5.91 Å². The van der Waals surface area contributed by atoms with Gasteiger partial charge in [-0.15, -0.1) is 0 Å². The maximum Gasteiger partial charge on any atom is 0.346 e. The van der Waals surface area contributed by atoms with Crippen LogP contribution in [0.3, 0.4) is 0 Å². The summed E-state index contributed by atoms with van der Waals surface area (Å²) in [4.78, 5) is 29.5. The number of carbonyl (C=O) groups excluding carboxylic acids is 1. The number of aromatic nitrogens is 3. The van der Waals surface area contributed by atoms with Crippen LogP contribution in [0.1, 0.15) is 24.2 Å². The Balaban J connectivity index is 1.39. The van der Waals surface area contributed by atoms with E-state index in [-0.39, 0.29) is 24.2 Å². The van der Waals surface area contributed by atoms with E-state index in [1.165, 1.54) is 15.9 Å². The van der Waals surface area contributed by atoms with Crippen LogP contribution in [0, 0.1) is 6.92 Å². The standard InChI is InChI=1S/C20H28N6O2/c1-15-4-2-3-5-17(15)23-10-12-24(13-11-23)19(27)14-26-20(28)25-9-8-16(21)6-7-18(25)22-26/h2-5,16H,6-14,21H2,1H3. The first kappa shape index (κ1) is 18.7. The van der Waals surface area contributed by atoms with E-state index in [1.54, 1.807) is 4.57 Å². The molecule has 0 radical (unpaired) electrons. The number of fused-ring (bicyclic) bond motifs is 1. The Hall–Kier alpha value is -2.61. The summed E-state index contributed by atoms with van der Waals surface area (Å²) in [5.41, 5.74) is 8.26. The van der Waals surface area contributed by atoms with Gasteiger partial charge >= 0.3 is 5.69 Å². The molecule has 2 aliphatic heterocycles. The lowest BCUT2D eigenvalue weighted by atomic mass is 10.1. The zero-order chi connectivity index (χ0) is 19.7. The average molecular weight is 384 g/mol. The van der Waals surface area contributed by atoms with E-state index in [9.17, 15) is 9.59 Å². The van der Waals surface area contributed by atoms with E-state index in [4.69, 9.17) is 5.73 Å². The first-order chi connectivity index (χ1) is 13.5. The normalized spacial score (nSPS) is 20.0. The van der Waals surface area contributed by atoms with Gasteiger partial charge in [0, 0.05) is 50.9 Å². The quantitative estimate of drug-likeness (QED) is 0.826. The second-order valence-corrected chi connectivity index (χ2v) is 7.75. The number of benzene rings is 1.